The molecule has 5 heteroatoms. The Morgan fingerprint density at radius 1 is 1.30 bits per heavy atom. The van der Waals surface area contributed by atoms with Crippen molar-refractivity contribution in [2.24, 2.45) is 4.99 Å². The third kappa shape index (κ3) is 2.20. The van der Waals surface area contributed by atoms with E-state index in [-0.39, 0.29) is 11.2 Å². The monoisotopic (exact) mass is 329 g/mol. The van der Waals surface area contributed by atoms with Gasteiger partial charge >= 0.3 is 0 Å². The van der Waals surface area contributed by atoms with Gasteiger partial charge in [-0.25, -0.2) is 0 Å². The van der Waals surface area contributed by atoms with Crippen molar-refractivity contribution in [3.63, 3.8) is 0 Å². The second-order valence-corrected chi connectivity index (χ2v) is 6.68. The van der Waals surface area contributed by atoms with Crippen LogP contribution in [0.25, 0.3) is 0 Å². The first-order valence-corrected chi connectivity index (χ1v) is 8.16. The van der Waals surface area contributed by atoms with Gasteiger partial charge in [-0.15, -0.1) is 0 Å². The molecule has 1 unspecified atom stereocenters. The summed E-state index contributed by atoms with van der Waals surface area (Å²) in [6.07, 6.45) is 5.78. The summed E-state index contributed by atoms with van der Waals surface area (Å²) in [4.78, 5) is 16.5. The lowest BCUT2D eigenvalue weighted by Gasteiger charge is -2.35. The zero-order valence-corrected chi connectivity index (χ0v) is 13.3. The van der Waals surface area contributed by atoms with Crippen LogP contribution in [0, 0.1) is 0 Å². The van der Waals surface area contributed by atoms with Crippen molar-refractivity contribution in [1.82, 2.24) is 0 Å². The predicted octanol–water partition coefficient (Wildman–Crippen LogP) is 4.14. The summed E-state index contributed by atoms with van der Waals surface area (Å²) in [5.74, 6) is 0.0159. The number of halogens is 1. The lowest BCUT2D eigenvalue weighted by molar-refractivity contribution is 0.362. The Morgan fingerprint density at radius 2 is 2.17 bits per heavy atom. The molecule has 23 heavy (non-hydrogen) atoms. The number of benzene rings is 1. The highest BCUT2D eigenvalue weighted by Gasteiger charge is 2.45. The first-order valence-electron chi connectivity index (χ1n) is 7.78. The fraction of sp³-hybridized carbons (Fsp3) is 0.333. The highest BCUT2D eigenvalue weighted by atomic mass is 35.5. The summed E-state index contributed by atoms with van der Waals surface area (Å²) in [7, 11) is 0. The molecule has 0 saturated heterocycles. The summed E-state index contributed by atoms with van der Waals surface area (Å²) in [6.45, 7) is 0. The molecule has 2 aliphatic rings. The van der Waals surface area contributed by atoms with E-state index in [2.05, 4.69) is 0 Å². The molecular weight excluding hydrogens is 314 g/mol. The van der Waals surface area contributed by atoms with Crippen molar-refractivity contribution in [1.29, 1.82) is 0 Å². The summed E-state index contributed by atoms with van der Waals surface area (Å²) < 4.78 is 5.45. The number of hydrogen-bond acceptors (Lipinski definition) is 4. The molecule has 1 aromatic heterocycles. The highest BCUT2D eigenvalue weighted by molar-refractivity contribution is 6.30. The summed E-state index contributed by atoms with van der Waals surface area (Å²) in [6, 6.07) is 6.96. The van der Waals surface area contributed by atoms with E-state index in [1.165, 1.54) is 12.3 Å². The average molecular weight is 330 g/mol. The molecule has 4 rings (SSSR count). The van der Waals surface area contributed by atoms with E-state index in [1.807, 2.05) is 18.2 Å². The minimum atomic E-state index is -0.415. The molecule has 0 radical (unpaired) electrons. The summed E-state index contributed by atoms with van der Waals surface area (Å²) in [5.41, 5.74) is 2.37. The molecule has 2 aromatic rings. The SMILES string of the molecule is O=c1ccoc(CC23CCCCC2=Nc2ccc(Cl)cc23)c1O. The Bertz CT molecular complexity index is 871. The topological polar surface area (TPSA) is 62.8 Å². The maximum Gasteiger partial charge on any atom is 0.226 e. The van der Waals surface area contributed by atoms with Gasteiger partial charge in [0.2, 0.25) is 11.2 Å². The van der Waals surface area contributed by atoms with Crippen molar-refractivity contribution in [3.8, 4) is 5.75 Å². The van der Waals surface area contributed by atoms with Crippen LogP contribution in [0.3, 0.4) is 0 Å². The molecule has 1 saturated carbocycles. The van der Waals surface area contributed by atoms with Crippen LogP contribution >= 0.6 is 11.6 Å². The van der Waals surface area contributed by atoms with Gasteiger partial charge in [-0.1, -0.05) is 18.0 Å². The minimum Gasteiger partial charge on any atom is -0.502 e. The zero-order valence-electron chi connectivity index (χ0n) is 12.5. The van der Waals surface area contributed by atoms with E-state index in [4.69, 9.17) is 21.0 Å². The van der Waals surface area contributed by atoms with E-state index in [1.54, 1.807) is 0 Å². The molecule has 1 fully saturated rings. The maximum atomic E-state index is 11.7. The van der Waals surface area contributed by atoms with Crippen molar-refractivity contribution < 1.29 is 9.52 Å². The van der Waals surface area contributed by atoms with Gasteiger partial charge in [0.15, 0.2) is 5.76 Å². The molecule has 0 bridgehead atoms. The van der Waals surface area contributed by atoms with Gasteiger partial charge < -0.3 is 9.52 Å². The third-order valence-electron chi connectivity index (χ3n) is 4.94. The predicted molar refractivity (Wildman–Crippen MR) is 89.0 cm³/mol. The van der Waals surface area contributed by atoms with Gasteiger partial charge in [0.05, 0.1) is 12.0 Å². The van der Waals surface area contributed by atoms with Gasteiger partial charge in [-0.05, 0) is 43.0 Å². The Kier molecular flexibility index (Phi) is 3.31. The lowest BCUT2D eigenvalue weighted by Crippen LogP contribution is -2.38. The molecule has 0 spiro atoms. The number of aliphatic imine (C=N–C) groups is 1. The molecule has 1 atom stereocenters. The van der Waals surface area contributed by atoms with E-state index in [0.29, 0.717) is 17.2 Å². The molecule has 0 amide bonds. The summed E-state index contributed by atoms with van der Waals surface area (Å²) >= 11 is 6.20. The molecule has 2 heterocycles. The molecular formula is C18H16ClNO3. The van der Waals surface area contributed by atoms with Crippen LogP contribution in [0.4, 0.5) is 5.69 Å². The second kappa shape index (κ2) is 5.24. The van der Waals surface area contributed by atoms with Gasteiger partial charge in [0.1, 0.15) is 0 Å². The second-order valence-electron chi connectivity index (χ2n) is 6.24. The fourth-order valence-corrected chi connectivity index (χ4v) is 4.00. The Labute approximate surface area is 138 Å². The van der Waals surface area contributed by atoms with E-state index in [0.717, 1.165) is 42.6 Å². The van der Waals surface area contributed by atoms with E-state index < -0.39 is 5.43 Å². The number of nitrogens with zero attached hydrogens (tertiary/aromatic N) is 1. The third-order valence-corrected chi connectivity index (χ3v) is 5.17. The average Bonchev–Trinajstić information content (AvgIpc) is 2.86. The lowest BCUT2D eigenvalue weighted by atomic mass is 9.66. The molecule has 1 aliphatic carbocycles. The summed E-state index contributed by atoms with van der Waals surface area (Å²) in [5, 5.41) is 10.7. The molecule has 4 nitrogen and oxygen atoms in total. The number of fused-ring (bicyclic) bond motifs is 3. The van der Waals surface area contributed by atoms with Crippen LogP contribution in [-0.2, 0) is 11.8 Å². The van der Waals surface area contributed by atoms with Crippen LogP contribution in [0.2, 0.25) is 5.02 Å². The van der Waals surface area contributed by atoms with Gasteiger partial charge in [0.25, 0.3) is 0 Å². The van der Waals surface area contributed by atoms with Gasteiger partial charge in [-0.3, -0.25) is 9.79 Å². The minimum absolute atomic E-state index is 0.303. The smallest absolute Gasteiger partial charge is 0.226 e. The normalized spacial score (nSPS) is 22.4. The van der Waals surface area contributed by atoms with E-state index in [9.17, 15) is 9.90 Å². The van der Waals surface area contributed by atoms with Crippen molar-refractivity contribution >= 4 is 23.0 Å². The Balaban J connectivity index is 1.87. The van der Waals surface area contributed by atoms with Crippen molar-refractivity contribution in [3.05, 3.63) is 57.1 Å². The first kappa shape index (κ1) is 14.5. The molecule has 1 N–H and O–H groups in total. The maximum absolute atomic E-state index is 11.7. The standard InChI is InChI=1S/C18H16ClNO3/c19-11-4-5-13-12(9-11)18(7-2-1-3-16(18)20-13)10-15-17(22)14(21)6-8-23-15/h4-6,8-9,22H,1-3,7,10H2. The van der Waals surface area contributed by atoms with Crippen LogP contribution in [0.5, 0.6) is 5.75 Å². The van der Waals surface area contributed by atoms with Crippen molar-refractivity contribution in [2.75, 3.05) is 0 Å². The molecule has 1 aliphatic heterocycles. The van der Waals surface area contributed by atoms with Gasteiger partial charge in [0, 0.05) is 28.6 Å². The van der Waals surface area contributed by atoms with Crippen molar-refractivity contribution in [2.45, 2.75) is 37.5 Å². The number of rotatable bonds is 2. The first-order chi connectivity index (χ1) is 11.1. The van der Waals surface area contributed by atoms with Crippen LogP contribution in [-0.4, -0.2) is 10.8 Å². The number of aromatic hydroxyl groups is 1. The Morgan fingerprint density at radius 3 is 3.04 bits per heavy atom. The van der Waals surface area contributed by atoms with Gasteiger partial charge in [-0.2, -0.15) is 0 Å². The largest absolute Gasteiger partial charge is 0.502 e. The number of hydrogen-bond donors (Lipinski definition) is 1. The highest BCUT2D eigenvalue weighted by Crippen LogP contribution is 2.50. The van der Waals surface area contributed by atoms with E-state index >= 15 is 0 Å². The fourth-order valence-electron chi connectivity index (χ4n) is 3.83. The molecule has 1 aromatic carbocycles. The van der Waals surface area contributed by atoms with Crippen LogP contribution < -0.4 is 5.43 Å². The van der Waals surface area contributed by atoms with Crippen LogP contribution in [0.1, 0.15) is 37.0 Å². The molecule has 118 valence electrons. The quantitative estimate of drug-likeness (QED) is 0.900. The Hall–Kier alpha value is -2.07. The van der Waals surface area contributed by atoms with Crippen LogP contribution in [0.15, 0.2) is 44.7 Å². The zero-order chi connectivity index (χ0) is 16.0.